The summed E-state index contributed by atoms with van der Waals surface area (Å²) in [4.78, 5) is 25.0. The molecule has 0 unspecified atom stereocenters. The lowest BCUT2D eigenvalue weighted by Crippen LogP contribution is -2.41. The van der Waals surface area contributed by atoms with Crippen molar-refractivity contribution >= 4 is 11.6 Å². The van der Waals surface area contributed by atoms with E-state index in [1.54, 1.807) is 0 Å². The highest BCUT2D eigenvalue weighted by atomic mass is 16.5. The Kier molecular flexibility index (Phi) is 3.87. The van der Waals surface area contributed by atoms with Crippen LogP contribution in [0.4, 0.5) is 0 Å². The number of ketones is 2. The van der Waals surface area contributed by atoms with Gasteiger partial charge in [-0.05, 0) is 39.0 Å². The molecule has 3 aliphatic rings. The van der Waals surface area contributed by atoms with Gasteiger partial charge in [0.25, 0.3) is 0 Å². The molecule has 114 valence electrons. The van der Waals surface area contributed by atoms with Gasteiger partial charge in [-0.1, -0.05) is 23.8 Å². The number of rotatable bonds is 1. The molecule has 3 rings (SSSR count). The largest absolute Gasteiger partial charge is 0.366 e. The highest BCUT2D eigenvalue weighted by molar-refractivity contribution is 5.88. The molecule has 1 aliphatic carbocycles. The van der Waals surface area contributed by atoms with E-state index >= 15 is 0 Å². The SMILES string of the molecule is C=C(C)[C@H]1CCC(=O)[C@H]2[C@@H]1[C@H]1O[C@@H]2C/C(C)=C\CCC1=O. The molecule has 1 saturated carbocycles. The first-order chi connectivity index (χ1) is 9.99. The molecule has 3 nitrogen and oxygen atoms in total. The van der Waals surface area contributed by atoms with Crippen LogP contribution in [0.15, 0.2) is 23.8 Å². The first-order valence-electron chi connectivity index (χ1n) is 8.01. The first kappa shape index (κ1) is 14.7. The molecule has 0 radical (unpaired) electrons. The van der Waals surface area contributed by atoms with E-state index in [1.165, 1.54) is 5.57 Å². The van der Waals surface area contributed by atoms with Crippen molar-refractivity contribution in [3.63, 3.8) is 0 Å². The maximum absolute atomic E-state index is 12.5. The smallest absolute Gasteiger partial charge is 0.162 e. The van der Waals surface area contributed by atoms with Crippen LogP contribution in [-0.2, 0) is 14.3 Å². The molecule has 0 N–H and O–H groups in total. The number of hydrogen-bond donors (Lipinski definition) is 0. The average Bonchev–Trinajstić information content (AvgIpc) is 2.80. The van der Waals surface area contributed by atoms with Crippen LogP contribution >= 0.6 is 0 Å². The normalized spacial score (nSPS) is 42.4. The molecule has 2 fully saturated rings. The van der Waals surface area contributed by atoms with Crippen LogP contribution in [0.25, 0.3) is 0 Å². The van der Waals surface area contributed by atoms with Gasteiger partial charge in [-0.15, -0.1) is 0 Å². The van der Waals surface area contributed by atoms with E-state index in [0.717, 1.165) is 24.8 Å². The van der Waals surface area contributed by atoms with E-state index < -0.39 is 6.10 Å². The number of Topliss-reactive ketones (excluding diaryl/α,β-unsaturated/α-hetero) is 2. The van der Waals surface area contributed by atoms with E-state index in [0.29, 0.717) is 12.8 Å². The lowest BCUT2D eigenvalue weighted by Gasteiger charge is -2.35. The van der Waals surface area contributed by atoms with Crippen molar-refractivity contribution < 1.29 is 14.3 Å². The van der Waals surface area contributed by atoms with Gasteiger partial charge in [0.15, 0.2) is 5.78 Å². The van der Waals surface area contributed by atoms with E-state index in [4.69, 9.17) is 4.74 Å². The fourth-order valence-corrected chi connectivity index (χ4v) is 4.38. The Hall–Kier alpha value is -1.22. The molecule has 2 bridgehead atoms. The van der Waals surface area contributed by atoms with Gasteiger partial charge < -0.3 is 4.74 Å². The van der Waals surface area contributed by atoms with Crippen LogP contribution in [-0.4, -0.2) is 23.8 Å². The summed E-state index contributed by atoms with van der Waals surface area (Å²) in [6, 6.07) is 0. The van der Waals surface area contributed by atoms with Crippen LogP contribution in [0.2, 0.25) is 0 Å². The molecule has 0 aromatic heterocycles. The molecule has 1 saturated heterocycles. The summed E-state index contributed by atoms with van der Waals surface area (Å²) in [6.07, 6.45) is 5.13. The molecule has 0 amide bonds. The molecule has 0 aromatic carbocycles. The van der Waals surface area contributed by atoms with Gasteiger partial charge >= 0.3 is 0 Å². The lowest BCUT2D eigenvalue weighted by atomic mass is 9.65. The van der Waals surface area contributed by atoms with E-state index in [2.05, 4.69) is 19.6 Å². The topological polar surface area (TPSA) is 43.4 Å². The van der Waals surface area contributed by atoms with Crippen molar-refractivity contribution in [1.29, 1.82) is 0 Å². The summed E-state index contributed by atoms with van der Waals surface area (Å²) in [5.74, 6) is 0.601. The summed E-state index contributed by atoms with van der Waals surface area (Å²) in [7, 11) is 0. The fraction of sp³-hybridized carbons (Fsp3) is 0.667. The second-order valence-electron chi connectivity index (χ2n) is 6.92. The van der Waals surface area contributed by atoms with Crippen LogP contribution in [0, 0.1) is 17.8 Å². The fourth-order valence-electron chi connectivity index (χ4n) is 4.38. The third-order valence-electron chi connectivity index (χ3n) is 5.38. The van der Waals surface area contributed by atoms with Gasteiger partial charge in [-0.2, -0.15) is 0 Å². The predicted octanol–water partition coefficient (Wildman–Crippen LogP) is 3.24. The summed E-state index contributed by atoms with van der Waals surface area (Å²) in [6.45, 7) is 8.19. The summed E-state index contributed by atoms with van der Waals surface area (Å²) in [5, 5.41) is 0. The first-order valence-corrected chi connectivity index (χ1v) is 8.01. The molecule has 21 heavy (non-hydrogen) atoms. The Bertz CT molecular complexity index is 517. The molecule has 2 heterocycles. The minimum absolute atomic E-state index is 0.0205. The third kappa shape index (κ3) is 2.52. The second-order valence-corrected chi connectivity index (χ2v) is 6.92. The Morgan fingerprint density at radius 2 is 2.05 bits per heavy atom. The number of carbonyl (C=O) groups is 2. The molecule has 2 aliphatic heterocycles. The van der Waals surface area contributed by atoms with Gasteiger partial charge in [0.1, 0.15) is 11.9 Å². The number of fused-ring (bicyclic) bond motifs is 5. The van der Waals surface area contributed by atoms with Gasteiger partial charge in [-0.25, -0.2) is 0 Å². The van der Waals surface area contributed by atoms with Crippen LogP contribution in [0.5, 0.6) is 0 Å². The number of hydrogen-bond acceptors (Lipinski definition) is 3. The van der Waals surface area contributed by atoms with Gasteiger partial charge in [0.05, 0.1) is 12.0 Å². The molecular weight excluding hydrogens is 264 g/mol. The number of allylic oxidation sites excluding steroid dienone is 2. The highest BCUT2D eigenvalue weighted by Gasteiger charge is 2.55. The number of carbonyl (C=O) groups excluding carboxylic acids is 2. The second kappa shape index (κ2) is 5.53. The Balaban J connectivity index is 2.00. The van der Waals surface area contributed by atoms with Gasteiger partial charge in [0, 0.05) is 18.8 Å². The molecule has 0 spiro atoms. The zero-order valence-electron chi connectivity index (χ0n) is 12.9. The van der Waals surface area contributed by atoms with Crippen LogP contribution < -0.4 is 0 Å². The average molecular weight is 288 g/mol. The van der Waals surface area contributed by atoms with E-state index in [9.17, 15) is 9.59 Å². The van der Waals surface area contributed by atoms with Gasteiger partial charge in [0.2, 0.25) is 0 Å². The standard InChI is InChI=1S/C18H24O3/c1-10(2)12-7-8-13(19)17-15-9-11(3)5-4-6-14(20)18(21-15)16(12)17/h5,12,15-18H,1,4,6-9H2,2-3H3/b11-5-/t12-,15-,16-,17-,18+/m1/s1. The van der Waals surface area contributed by atoms with Crippen molar-refractivity contribution in [3.8, 4) is 0 Å². The molecule has 5 atom stereocenters. The zero-order valence-corrected chi connectivity index (χ0v) is 12.9. The Morgan fingerprint density at radius 3 is 2.76 bits per heavy atom. The van der Waals surface area contributed by atoms with Crippen molar-refractivity contribution in [2.45, 2.75) is 58.2 Å². The maximum Gasteiger partial charge on any atom is 0.162 e. The maximum atomic E-state index is 12.5. The monoisotopic (exact) mass is 288 g/mol. The Labute approximate surface area is 126 Å². The quantitative estimate of drug-likeness (QED) is 0.696. The van der Waals surface area contributed by atoms with Crippen molar-refractivity contribution in [2.75, 3.05) is 0 Å². The van der Waals surface area contributed by atoms with Gasteiger partial charge in [-0.3, -0.25) is 9.59 Å². The van der Waals surface area contributed by atoms with E-state index in [-0.39, 0.29) is 35.4 Å². The van der Waals surface area contributed by atoms with Crippen LogP contribution in [0.1, 0.15) is 46.0 Å². The van der Waals surface area contributed by atoms with Crippen molar-refractivity contribution in [1.82, 2.24) is 0 Å². The number of ether oxygens (including phenoxy) is 1. The minimum atomic E-state index is -0.398. The lowest BCUT2D eigenvalue weighted by molar-refractivity contribution is -0.131. The van der Waals surface area contributed by atoms with Crippen molar-refractivity contribution in [3.05, 3.63) is 23.8 Å². The summed E-state index contributed by atoms with van der Waals surface area (Å²) < 4.78 is 6.11. The zero-order chi connectivity index (χ0) is 15.1. The van der Waals surface area contributed by atoms with E-state index in [1.807, 2.05) is 6.92 Å². The molecule has 0 aromatic rings. The minimum Gasteiger partial charge on any atom is -0.366 e. The molecular formula is C18H24O3. The third-order valence-corrected chi connectivity index (χ3v) is 5.38. The van der Waals surface area contributed by atoms with Crippen LogP contribution in [0.3, 0.4) is 0 Å². The summed E-state index contributed by atoms with van der Waals surface area (Å²) >= 11 is 0. The molecule has 3 heteroatoms. The predicted molar refractivity (Wildman–Crippen MR) is 80.8 cm³/mol. The summed E-state index contributed by atoms with van der Waals surface area (Å²) in [5.41, 5.74) is 2.32. The van der Waals surface area contributed by atoms with Crippen molar-refractivity contribution in [2.24, 2.45) is 17.8 Å². The Morgan fingerprint density at radius 1 is 1.29 bits per heavy atom. The highest BCUT2D eigenvalue weighted by Crippen LogP contribution is 2.48.